The Kier molecular flexibility index (Phi) is 5.53. The molecule has 0 saturated carbocycles. The first kappa shape index (κ1) is 21.7. The van der Waals surface area contributed by atoms with Crippen LogP contribution in [-0.4, -0.2) is 33.2 Å². The molecule has 4 aromatic rings. The molecule has 0 radical (unpaired) electrons. The Morgan fingerprint density at radius 3 is 2.82 bits per heavy atom. The van der Waals surface area contributed by atoms with Crippen LogP contribution in [0.15, 0.2) is 47.4 Å². The summed E-state index contributed by atoms with van der Waals surface area (Å²) in [6.07, 6.45) is 3.43. The molecule has 0 spiro atoms. The van der Waals surface area contributed by atoms with Gasteiger partial charge in [0.1, 0.15) is 16.8 Å². The molecule has 4 heterocycles. The van der Waals surface area contributed by atoms with Crippen LogP contribution in [0, 0.1) is 12.3 Å². The monoisotopic (exact) mass is 459 g/mol. The number of hydrogen-bond donors (Lipinski definition) is 2. The van der Waals surface area contributed by atoms with Crippen LogP contribution in [0.2, 0.25) is 0 Å². The van der Waals surface area contributed by atoms with E-state index >= 15 is 0 Å². The van der Waals surface area contributed by atoms with E-state index in [0.29, 0.717) is 29.3 Å². The van der Waals surface area contributed by atoms with Crippen LogP contribution in [-0.2, 0) is 6.54 Å². The number of nitrogens with zero attached hydrogens (tertiary/aromatic N) is 3. The smallest absolute Gasteiger partial charge is 0.267 e. The summed E-state index contributed by atoms with van der Waals surface area (Å²) in [4.78, 5) is 31.1. The van der Waals surface area contributed by atoms with Crippen molar-refractivity contribution < 1.29 is 14.3 Å². The number of hydrogen-bond acceptors (Lipinski definition) is 6. The van der Waals surface area contributed by atoms with Crippen LogP contribution >= 0.6 is 0 Å². The Morgan fingerprint density at radius 2 is 2.00 bits per heavy atom. The predicted octanol–water partition coefficient (Wildman–Crippen LogP) is 2.74. The van der Waals surface area contributed by atoms with Gasteiger partial charge < -0.3 is 19.4 Å². The highest BCUT2D eigenvalue weighted by Crippen LogP contribution is 2.32. The second-order valence-electron chi connectivity index (χ2n) is 8.33. The highest BCUT2D eigenvalue weighted by molar-refractivity contribution is 5.96. The molecule has 0 atom stereocenters. The van der Waals surface area contributed by atoms with Gasteiger partial charge in [-0.2, -0.15) is 0 Å². The summed E-state index contributed by atoms with van der Waals surface area (Å²) in [6, 6.07) is 10.7. The van der Waals surface area contributed by atoms with Crippen molar-refractivity contribution >= 4 is 22.6 Å². The van der Waals surface area contributed by atoms with Crippen molar-refractivity contribution in [3.05, 3.63) is 75.1 Å². The molecule has 0 unspecified atom stereocenters. The van der Waals surface area contributed by atoms with Gasteiger partial charge in [0.2, 0.25) is 6.79 Å². The molecule has 1 aliphatic heterocycles. The average molecular weight is 460 g/mol. The molecule has 1 aliphatic rings. The Labute approximate surface area is 195 Å². The first-order valence-corrected chi connectivity index (χ1v) is 11.2. The first-order chi connectivity index (χ1) is 16.5. The summed E-state index contributed by atoms with van der Waals surface area (Å²) in [5.74, 6) is 0.900. The minimum absolute atomic E-state index is 0.0102. The van der Waals surface area contributed by atoms with Crippen molar-refractivity contribution in [1.82, 2.24) is 19.3 Å². The predicted molar refractivity (Wildman–Crippen MR) is 126 cm³/mol. The number of carbonyl (C=O) groups excluding carboxylic acids is 1. The van der Waals surface area contributed by atoms with Crippen LogP contribution in [0.3, 0.4) is 0 Å². The van der Waals surface area contributed by atoms with Gasteiger partial charge in [0.15, 0.2) is 11.5 Å². The Morgan fingerprint density at radius 1 is 1.18 bits per heavy atom. The van der Waals surface area contributed by atoms with Gasteiger partial charge in [-0.25, -0.2) is 4.98 Å². The maximum absolute atomic E-state index is 13.4. The van der Waals surface area contributed by atoms with E-state index in [1.54, 1.807) is 16.8 Å². The Hall–Kier alpha value is -4.14. The quantitative estimate of drug-likeness (QED) is 0.340. The van der Waals surface area contributed by atoms with E-state index in [1.165, 1.54) is 10.5 Å². The molecule has 9 heteroatoms. The van der Waals surface area contributed by atoms with Crippen LogP contribution < -0.4 is 25.8 Å². The van der Waals surface area contributed by atoms with Crippen LogP contribution in [0.5, 0.6) is 11.5 Å². The van der Waals surface area contributed by atoms with E-state index in [9.17, 15) is 9.59 Å². The third kappa shape index (κ3) is 3.68. The highest BCUT2D eigenvalue weighted by Gasteiger charge is 2.19. The molecule has 2 N–H and O–H groups in total. The molecule has 9 nitrogen and oxygen atoms in total. The number of fused-ring (bicyclic) bond motifs is 3. The van der Waals surface area contributed by atoms with Gasteiger partial charge in [0, 0.05) is 12.7 Å². The van der Waals surface area contributed by atoms with Gasteiger partial charge in [-0.3, -0.25) is 19.4 Å². The normalized spacial score (nSPS) is 12.4. The zero-order valence-electron chi connectivity index (χ0n) is 19.1. The molecule has 0 fully saturated rings. The van der Waals surface area contributed by atoms with Gasteiger partial charge in [0.05, 0.1) is 17.5 Å². The van der Waals surface area contributed by atoms with E-state index in [0.717, 1.165) is 24.0 Å². The molecular formula is C25H25N5O4. The lowest BCUT2D eigenvalue weighted by molar-refractivity contribution is 0.0950. The number of aromatic nitrogens is 3. The Bertz CT molecular complexity index is 1550. The van der Waals surface area contributed by atoms with Crippen molar-refractivity contribution in [1.29, 1.82) is 5.41 Å². The minimum Gasteiger partial charge on any atom is -0.454 e. The SMILES string of the molecule is CCCCNC(=O)c1cc2c(=O)n3cccc(C)c3nc2n(Cc2ccc3c(c2)OCO3)c1=N. The maximum atomic E-state index is 13.4. The summed E-state index contributed by atoms with van der Waals surface area (Å²) in [7, 11) is 0. The van der Waals surface area contributed by atoms with Gasteiger partial charge in [-0.1, -0.05) is 25.5 Å². The Balaban J connectivity index is 1.73. The number of pyridine rings is 2. The van der Waals surface area contributed by atoms with E-state index in [-0.39, 0.29) is 41.2 Å². The molecule has 0 saturated heterocycles. The molecule has 34 heavy (non-hydrogen) atoms. The molecule has 5 rings (SSSR count). The van der Waals surface area contributed by atoms with Gasteiger partial charge in [0.25, 0.3) is 11.5 Å². The zero-order valence-corrected chi connectivity index (χ0v) is 19.1. The number of rotatable bonds is 6. The lowest BCUT2D eigenvalue weighted by atomic mass is 10.1. The molecule has 3 aromatic heterocycles. The molecule has 1 aromatic carbocycles. The van der Waals surface area contributed by atoms with Gasteiger partial charge in [-0.15, -0.1) is 0 Å². The summed E-state index contributed by atoms with van der Waals surface area (Å²) >= 11 is 0. The largest absolute Gasteiger partial charge is 0.454 e. The van der Waals surface area contributed by atoms with Crippen molar-refractivity contribution in [3.63, 3.8) is 0 Å². The van der Waals surface area contributed by atoms with Gasteiger partial charge >= 0.3 is 0 Å². The van der Waals surface area contributed by atoms with Gasteiger partial charge in [-0.05, 0) is 48.7 Å². The lowest BCUT2D eigenvalue weighted by Crippen LogP contribution is -2.35. The number of carbonyl (C=O) groups is 1. The van der Waals surface area contributed by atoms with Crippen LogP contribution in [0.1, 0.15) is 41.3 Å². The topological polar surface area (TPSA) is 111 Å². The third-order valence-corrected chi connectivity index (χ3v) is 5.97. The van der Waals surface area contributed by atoms with Crippen LogP contribution in [0.4, 0.5) is 0 Å². The number of amides is 1. The van der Waals surface area contributed by atoms with Crippen molar-refractivity contribution in [2.24, 2.45) is 0 Å². The minimum atomic E-state index is -0.381. The number of nitrogens with one attached hydrogen (secondary N) is 2. The summed E-state index contributed by atoms with van der Waals surface area (Å²) in [5.41, 5.74) is 2.38. The standard InChI is InChI=1S/C25H25N5O4/c1-3-4-9-27-24(31)17-12-18-23(28-22-15(2)6-5-10-29(22)25(18)32)30(21(17)26)13-16-7-8-19-20(11-16)34-14-33-19/h5-8,10-12,26H,3-4,9,13-14H2,1-2H3,(H,27,31). The zero-order chi connectivity index (χ0) is 23.8. The van der Waals surface area contributed by atoms with Crippen LogP contribution in [0.25, 0.3) is 16.7 Å². The fraction of sp³-hybridized carbons (Fsp3) is 0.280. The fourth-order valence-electron chi connectivity index (χ4n) is 4.12. The summed E-state index contributed by atoms with van der Waals surface area (Å²) in [6.45, 7) is 4.82. The second kappa shape index (κ2) is 8.66. The molecule has 0 bridgehead atoms. The molecule has 1 amide bonds. The highest BCUT2D eigenvalue weighted by atomic mass is 16.7. The molecular weight excluding hydrogens is 434 g/mol. The fourth-order valence-corrected chi connectivity index (χ4v) is 4.12. The van der Waals surface area contributed by atoms with E-state index in [1.807, 2.05) is 38.1 Å². The number of aryl methyl sites for hydroxylation is 1. The lowest BCUT2D eigenvalue weighted by Gasteiger charge is -2.15. The second-order valence-corrected chi connectivity index (χ2v) is 8.33. The maximum Gasteiger partial charge on any atom is 0.267 e. The molecule has 0 aliphatic carbocycles. The number of benzene rings is 1. The summed E-state index contributed by atoms with van der Waals surface area (Å²) in [5, 5.41) is 12.0. The van der Waals surface area contributed by atoms with Crippen molar-refractivity contribution in [2.45, 2.75) is 33.2 Å². The summed E-state index contributed by atoms with van der Waals surface area (Å²) < 4.78 is 14.0. The van der Waals surface area contributed by atoms with E-state index in [4.69, 9.17) is 19.9 Å². The number of unbranched alkanes of at least 4 members (excludes halogenated alkanes) is 1. The van der Waals surface area contributed by atoms with Crippen molar-refractivity contribution in [2.75, 3.05) is 13.3 Å². The van der Waals surface area contributed by atoms with E-state index in [2.05, 4.69) is 5.32 Å². The average Bonchev–Trinajstić information content (AvgIpc) is 3.30. The van der Waals surface area contributed by atoms with E-state index < -0.39 is 0 Å². The molecule has 174 valence electrons. The van der Waals surface area contributed by atoms with Crippen molar-refractivity contribution in [3.8, 4) is 11.5 Å². The third-order valence-electron chi connectivity index (χ3n) is 5.97. The number of ether oxygens (including phenoxy) is 2. The first-order valence-electron chi connectivity index (χ1n) is 11.2.